The molecule has 0 spiro atoms. The van der Waals surface area contributed by atoms with Crippen molar-refractivity contribution in [3.8, 4) is 0 Å². The van der Waals surface area contributed by atoms with Crippen molar-refractivity contribution in [1.82, 2.24) is 73.6 Å². The maximum absolute atomic E-state index is 14.1. The van der Waals surface area contributed by atoms with Crippen LogP contribution in [0.5, 0.6) is 0 Å². The zero-order valence-corrected chi connectivity index (χ0v) is 58.9. The molecule has 1 aromatic rings. The molecule has 3 saturated heterocycles. The van der Waals surface area contributed by atoms with Crippen molar-refractivity contribution in [2.45, 2.75) is 181 Å². The number of hydrogen-bond acceptors (Lipinski definition) is 24. The Bertz CT molecular complexity index is 3450. The lowest BCUT2D eigenvalue weighted by Gasteiger charge is -2.30. The van der Waals surface area contributed by atoms with Crippen LogP contribution in [0.4, 0.5) is 0 Å². The van der Waals surface area contributed by atoms with Crippen LogP contribution in [0.25, 0.3) is 0 Å². The van der Waals surface area contributed by atoms with E-state index in [-0.39, 0.29) is 69.7 Å². The maximum Gasteiger partial charge on any atom is 0.327 e. The van der Waals surface area contributed by atoms with E-state index < -0.39 is 274 Å². The van der Waals surface area contributed by atoms with Gasteiger partial charge in [0, 0.05) is 63.1 Å². The molecule has 0 aromatic heterocycles. The largest absolute Gasteiger partial charge is 0.481 e. The van der Waals surface area contributed by atoms with E-state index in [0.29, 0.717) is 5.56 Å². The summed E-state index contributed by atoms with van der Waals surface area (Å²) in [5.41, 5.74) is 16.6. The van der Waals surface area contributed by atoms with E-state index in [4.69, 9.17) is 17.2 Å². The number of thiol groups is 2. The smallest absolute Gasteiger partial charge is 0.327 e. The molecule has 3 heterocycles. The van der Waals surface area contributed by atoms with E-state index in [9.17, 15) is 121 Å². The normalized spacial score (nSPS) is 18.0. The minimum atomic E-state index is -2.02. The summed E-state index contributed by atoms with van der Waals surface area (Å²) in [6, 6.07) is -12.7. The highest BCUT2D eigenvalue weighted by molar-refractivity contribution is 7.80. The van der Waals surface area contributed by atoms with Crippen molar-refractivity contribution < 1.29 is 121 Å². The Kier molecular flexibility index (Phi) is 36.0. The molecule has 0 bridgehead atoms. The third-order valence-corrected chi connectivity index (χ3v) is 17.5. The number of aliphatic hydroxyl groups excluding tert-OH is 2. The number of benzene rings is 1. The van der Waals surface area contributed by atoms with Gasteiger partial charge in [-0.05, 0) is 63.4 Å². The zero-order chi connectivity index (χ0) is 79.1. The van der Waals surface area contributed by atoms with Crippen molar-refractivity contribution in [2.24, 2.45) is 17.2 Å². The summed E-state index contributed by atoms with van der Waals surface area (Å²) in [4.78, 5) is 263. The van der Waals surface area contributed by atoms with Gasteiger partial charge in [-0.1, -0.05) is 30.3 Å². The number of amides is 17. The second-order valence-electron chi connectivity index (χ2n) is 24.7. The van der Waals surface area contributed by atoms with Gasteiger partial charge < -0.3 is 116 Å². The first-order valence-corrected chi connectivity index (χ1v) is 34.6. The van der Waals surface area contributed by atoms with Crippen molar-refractivity contribution in [3.05, 3.63) is 35.9 Å². The third-order valence-electron chi connectivity index (χ3n) is 16.8. The molecule has 3 aliphatic rings. The summed E-state index contributed by atoms with van der Waals surface area (Å²) < 4.78 is 0. The molecule has 13 atom stereocenters. The summed E-state index contributed by atoms with van der Waals surface area (Å²) in [7, 11) is 0. The van der Waals surface area contributed by atoms with Gasteiger partial charge >= 0.3 is 17.9 Å². The van der Waals surface area contributed by atoms with Gasteiger partial charge in [-0.3, -0.25) is 91.1 Å². The van der Waals surface area contributed by atoms with Gasteiger partial charge in [-0.2, -0.15) is 25.3 Å². The average molecular weight is 1540 g/mol. The first-order valence-electron chi connectivity index (χ1n) is 33.3. The Morgan fingerprint density at radius 1 is 0.462 bits per heavy atom. The number of carbonyl (C=O) groups excluding carboxylic acids is 17. The highest BCUT2D eigenvalue weighted by Gasteiger charge is 2.43. The van der Waals surface area contributed by atoms with E-state index in [0.717, 1.165) is 9.80 Å². The molecule has 0 radical (unpaired) electrons. The molecule has 42 nitrogen and oxygen atoms in total. The summed E-state index contributed by atoms with van der Waals surface area (Å²) in [6.45, 7) is -3.50. The Hall–Kier alpha value is -10.8. The van der Waals surface area contributed by atoms with Crippen LogP contribution >= 0.6 is 25.3 Å². The number of carbonyl (C=O) groups is 20. The molecule has 23 N–H and O–H groups in total. The van der Waals surface area contributed by atoms with Crippen LogP contribution in [0.1, 0.15) is 102 Å². The molecule has 0 aliphatic carbocycles. The molecule has 0 saturated carbocycles. The average Bonchev–Trinajstić information content (AvgIpc) is 1.63. The van der Waals surface area contributed by atoms with Crippen LogP contribution in [0.3, 0.4) is 0 Å². The summed E-state index contributed by atoms with van der Waals surface area (Å²) in [6.07, 6.45) is -5.74. The fourth-order valence-electron chi connectivity index (χ4n) is 11.2. The quantitative estimate of drug-likeness (QED) is 0.0270. The number of carboxylic acid groups (broad SMARTS) is 3. The zero-order valence-electron chi connectivity index (χ0n) is 57.1. The molecule has 584 valence electrons. The molecule has 1 aromatic carbocycles. The number of aliphatic hydroxyl groups is 2. The number of likely N-dealkylation sites (tertiary alicyclic amines) is 2. The van der Waals surface area contributed by atoms with Gasteiger partial charge in [0.15, 0.2) is 0 Å². The molecule has 3 fully saturated rings. The molecule has 0 unspecified atom stereocenters. The maximum atomic E-state index is 14.1. The van der Waals surface area contributed by atoms with E-state index in [1.165, 1.54) is 0 Å². The molecule has 44 heteroatoms. The number of nitrogens with one attached hydrogen (secondary N) is 12. The summed E-state index contributed by atoms with van der Waals surface area (Å²) in [5, 5.41) is 76.5. The Labute approximate surface area is 615 Å². The SMILES string of the molecule is NC(=O)CC[C@H](NC(=O)[C@H](CS)NC(=O)[C@H](CC(N)=O)NC(=O)[C@H](CCC(=O)O)NC(=O)[C@@H]1CCCN1C(=O)[C@H](CO)NC(=O)[C@H](Cc1ccccc1)NC(=O)[C@@H]1CCC(=O)N1)C(=O)NCC(=O)N[C@@H](CCC(=O)O)C(=O)N[C@@H](CO)C(=O)N[C@@H](CCC(N)=O)C(=O)N1CCC[C@H]1C(=O)N[C@@H](CS)C(=O)O. The topological polar surface area (TPSA) is 671 Å². The van der Waals surface area contributed by atoms with E-state index in [1.807, 2.05) is 0 Å². The van der Waals surface area contributed by atoms with Crippen molar-refractivity contribution in [3.63, 3.8) is 0 Å². The first kappa shape index (κ1) is 87.6. The highest BCUT2D eigenvalue weighted by atomic mass is 32.1. The van der Waals surface area contributed by atoms with E-state index in [2.05, 4.69) is 89.1 Å². The Balaban J connectivity index is 1.44. The van der Waals surface area contributed by atoms with Gasteiger partial charge in [0.05, 0.1) is 26.2 Å². The monoisotopic (exact) mass is 1540 g/mol. The second kappa shape index (κ2) is 43.5. The minimum Gasteiger partial charge on any atom is -0.481 e. The number of nitrogens with two attached hydrogens (primary N) is 3. The van der Waals surface area contributed by atoms with Crippen LogP contribution in [0.15, 0.2) is 30.3 Å². The predicted octanol–water partition coefficient (Wildman–Crippen LogP) is -10.5. The molecule has 106 heavy (non-hydrogen) atoms. The van der Waals surface area contributed by atoms with E-state index in [1.54, 1.807) is 30.3 Å². The number of hydrogen-bond donors (Lipinski definition) is 22. The summed E-state index contributed by atoms with van der Waals surface area (Å²) in [5.74, 6) is -23.3. The molecular formula is C62H89N17O25S2. The van der Waals surface area contributed by atoms with Gasteiger partial charge in [0.25, 0.3) is 0 Å². The van der Waals surface area contributed by atoms with Crippen LogP contribution in [0.2, 0.25) is 0 Å². The molecular weight excluding hydrogens is 1450 g/mol. The molecule has 17 amide bonds. The van der Waals surface area contributed by atoms with E-state index >= 15 is 0 Å². The number of primary amides is 3. The highest BCUT2D eigenvalue weighted by Crippen LogP contribution is 2.22. The fraction of sp³-hybridized carbons (Fsp3) is 0.581. The lowest BCUT2D eigenvalue weighted by atomic mass is 10.0. The Morgan fingerprint density at radius 3 is 1.37 bits per heavy atom. The van der Waals surface area contributed by atoms with Crippen molar-refractivity contribution >= 4 is 144 Å². The van der Waals surface area contributed by atoms with Gasteiger partial charge in [-0.25, -0.2) is 4.79 Å². The van der Waals surface area contributed by atoms with Crippen molar-refractivity contribution in [1.29, 1.82) is 0 Å². The lowest BCUT2D eigenvalue weighted by Crippen LogP contribution is -2.61. The van der Waals surface area contributed by atoms with Gasteiger partial charge in [0.1, 0.15) is 78.5 Å². The molecule has 3 aliphatic heterocycles. The first-order chi connectivity index (χ1) is 50.1. The fourth-order valence-corrected chi connectivity index (χ4v) is 11.7. The number of aliphatic carboxylic acids is 3. The van der Waals surface area contributed by atoms with Gasteiger partial charge in [0.2, 0.25) is 100 Å². The predicted molar refractivity (Wildman–Crippen MR) is 367 cm³/mol. The standard InChI is InChI=1S/C62H89N17O25S2/c63-43(82)15-10-30(50(91)66-24-47(86)68-32(13-18-48(87)88)52(93)74-37(25-80)56(97)71-34(11-16-44(64)83)60(101)78-20-4-9-42(78)59(100)77-40(28-106)62(103)104)69-57(98)39(27-105)76-55(96)36(23-45(65)84)73-53(94)33(14-19-49(89)90)70-58(99)41-8-5-21-79(41)61(102)38(26-81)75-54(95)35(22-29-6-2-1-3-7-29)72-51(92)31-12-17-46(85)67-31/h1-3,6-7,30-42,80-81,105-106H,4-5,8-28H2,(H2,63,82)(H2,64,83)(H2,65,84)(H,66,91)(H,67,85)(H,68,86)(H,69,98)(H,70,99)(H,71,97)(H,72,92)(H,73,94)(H,74,93)(H,75,95)(H,76,96)(H,77,100)(H,87,88)(H,89,90)(H,103,104)/t30-,31-,32-,33-,34-,35-,36-,37-,38-,39-,40-,41-,42-/m0/s1. The molecule has 4 rings (SSSR count). The van der Waals surface area contributed by atoms with Crippen molar-refractivity contribution in [2.75, 3.05) is 44.4 Å². The van der Waals surface area contributed by atoms with Gasteiger partial charge in [-0.15, -0.1) is 0 Å². The minimum absolute atomic E-state index is 0.0580. The third kappa shape index (κ3) is 28.4. The second-order valence-corrected chi connectivity index (χ2v) is 25.5. The number of rotatable bonds is 45. The Morgan fingerprint density at radius 2 is 0.877 bits per heavy atom. The lowest BCUT2D eigenvalue weighted by molar-refractivity contribution is -0.144. The summed E-state index contributed by atoms with van der Waals surface area (Å²) >= 11 is 8.00. The van der Waals surface area contributed by atoms with Crippen LogP contribution in [-0.2, 0) is 102 Å². The van der Waals surface area contributed by atoms with Crippen LogP contribution < -0.4 is 81.0 Å². The van der Waals surface area contributed by atoms with Crippen LogP contribution in [0, 0.1) is 0 Å². The number of nitrogens with zero attached hydrogens (tertiary/aromatic N) is 2. The number of carboxylic acids is 3. The van der Waals surface area contributed by atoms with Crippen LogP contribution in [-0.4, -0.2) is 277 Å².